The van der Waals surface area contributed by atoms with Gasteiger partial charge < -0.3 is 4.90 Å². The van der Waals surface area contributed by atoms with Crippen molar-refractivity contribution in [2.75, 3.05) is 38.6 Å². The lowest BCUT2D eigenvalue weighted by atomic mass is 9.98. The van der Waals surface area contributed by atoms with Crippen LogP contribution in [0.25, 0.3) is 0 Å². The second kappa shape index (κ2) is 8.58. The zero-order valence-corrected chi connectivity index (χ0v) is 19.8. The molecule has 1 fully saturated rings. The number of carbonyl (C=O) groups is 1. The quantitative estimate of drug-likeness (QED) is 0.656. The van der Waals surface area contributed by atoms with Gasteiger partial charge in [0.05, 0.1) is 15.7 Å². The number of hydrogen-bond acceptors (Lipinski definition) is 5. The van der Waals surface area contributed by atoms with Crippen LogP contribution in [-0.2, 0) is 31.3 Å². The number of rotatable bonds is 5. The van der Waals surface area contributed by atoms with Crippen molar-refractivity contribution < 1.29 is 21.6 Å². The van der Waals surface area contributed by atoms with Gasteiger partial charge in [-0.3, -0.25) is 4.79 Å². The lowest BCUT2D eigenvalue weighted by molar-refractivity contribution is -0.123. The normalized spacial score (nSPS) is 19.8. The number of carbonyl (C=O) groups excluding carboxylic acids is 1. The Labute approximate surface area is 189 Å². The Morgan fingerprint density at radius 3 is 2.38 bits per heavy atom. The van der Waals surface area contributed by atoms with Crippen molar-refractivity contribution in [1.82, 2.24) is 8.61 Å². The monoisotopic (exact) mass is 477 g/mol. The smallest absolute Gasteiger partial charge is 0.243 e. The Hall–Kier alpha value is -2.27. The van der Waals surface area contributed by atoms with Gasteiger partial charge in [0.1, 0.15) is 0 Å². The van der Waals surface area contributed by atoms with Crippen molar-refractivity contribution in [2.24, 2.45) is 5.92 Å². The van der Waals surface area contributed by atoms with E-state index >= 15 is 0 Å². The summed E-state index contributed by atoms with van der Waals surface area (Å²) in [5, 5.41) is 0. The molecule has 32 heavy (non-hydrogen) atoms. The predicted octanol–water partition coefficient (Wildman–Crippen LogP) is 1.93. The van der Waals surface area contributed by atoms with Gasteiger partial charge >= 0.3 is 0 Å². The Kier molecular flexibility index (Phi) is 6.15. The van der Waals surface area contributed by atoms with Crippen LogP contribution in [0.2, 0.25) is 0 Å². The van der Waals surface area contributed by atoms with Crippen LogP contribution in [0.15, 0.2) is 58.3 Å². The largest absolute Gasteiger partial charge is 0.312 e. The molecule has 172 valence electrons. The molecule has 8 nitrogen and oxygen atoms in total. The topological polar surface area (TPSA) is 95.1 Å². The maximum atomic E-state index is 13.3. The fourth-order valence-electron chi connectivity index (χ4n) is 4.30. The summed E-state index contributed by atoms with van der Waals surface area (Å²) in [5.74, 6) is -0.543. The molecule has 0 aliphatic carbocycles. The summed E-state index contributed by atoms with van der Waals surface area (Å²) in [6.45, 7) is 1.000. The zero-order valence-electron chi connectivity index (χ0n) is 18.1. The van der Waals surface area contributed by atoms with E-state index < -0.39 is 26.0 Å². The molecule has 1 amide bonds. The maximum absolute atomic E-state index is 13.3. The predicted molar refractivity (Wildman–Crippen MR) is 121 cm³/mol. The first kappa shape index (κ1) is 22.9. The highest BCUT2D eigenvalue weighted by Gasteiger charge is 2.37. The van der Waals surface area contributed by atoms with Crippen molar-refractivity contribution in [2.45, 2.75) is 29.1 Å². The van der Waals surface area contributed by atoms with Crippen molar-refractivity contribution in [3.05, 3.63) is 54.1 Å². The lowest BCUT2D eigenvalue weighted by Crippen LogP contribution is -2.46. The average molecular weight is 478 g/mol. The molecule has 0 aromatic heterocycles. The van der Waals surface area contributed by atoms with Gasteiger partial charge in [0, 0.05) is 39.4 Å². The number of sulfonamides is 2. The van der Waals surface area contributed by atoms with Crippen LogP contribution in [0.3, 0.4) is 0 Å². The highest BCUT2D eigenvalue weighted by atomic mass is 32.2. The van der Waals surface area contributed by atoms with Gasteiger partial charge in [0.15, 0.2) is 0 Å². The van der Waals surface area contributed by atoms with Gasteiger partial charge in [-0.25, -0.2) is 21.1 Å². The molecule has 1 atom stereocenters. The molecule has 0 bridgehead atoms. The molecule has 2 aromatic carbocycles. The molecule has 0 radical (unpaired) electrons. The van der Waals surface area contributed by atoms with Gasteiger partial charge in [-0.05, 0) is 55.2 Å². The molecule has 0 unspecified atom stereocenters. The van der Waals surface area contributed by atoms with Crippen molar-refractivity contribution in [1.29, 1.82) is 0 Å². The first-order valence-corrected chi connectivity index (χ1v) is 13.4. The highest BCUT2D eigenvalue weighted by molar-refractivity contribution is 7.89. The van der Waals surface area contributed by atoms with Crippen LogP contribution >= 0.6 is 0 Å². The van der Waals surface area contributed by atoms with Crippen LogP contribution in [0.1, 0.15) is 18.4 Å². The number of hydrogen-bond donors (Lipinski definition) is 0. The van der Waals surface area contributed by atoms with E-state index in [1.807, 2.05) is 0 Å². The Morgan fingerprint density at radius 1 is 0.969 bits per heavy atom. The third kappa shape index (κ3) is 4.07. The van der Waals surface area contributed by atoms with Gasteiger partial charge in [-0.1, -0.05) is 18.2 Å². The lowest BCUT2D eigenvalue weighted by Gasteiger charge is -2.33. The van der Waals surface area contributed by atoms with Crippen LogP contribution in [0.5, 0.6) is 0 Å². The minimum absolute atomic E-state index is 0.111. The number of piperidine rings is 1. The molecule has 4 rings (SSSR count). The van der Waals surface area contributed by atoms with Crippen molar-refractivity contribution >= 4 is 31.6 Å². The van der Waals surface area contributed by atoms with E-state index in [1.54, 1.807) is 47.4 Å². The molecular weight excluding hydrogens is 450 g/mol. The first-order chi connectivity index (χ1) is 15.1. The van der Waals surface area contributed by atoms with E-state index in [9.17, 15) is 21.6 Å². The molecule has 0 spiro atoms. The fraction of sp³-hybridized carbons (Fsp3) is 0.409. The fourth-order valence-corrected chi connectivity index (χ4v) is 6.80. The van der Waals surface area contributed by atoms with Crippen LogP contribution in [0, 0.1) is 5.92 Å². The Morgan fingerprint density at radius 2 is 1.69 bits per heavy atom. The molecule has 2 heterocycles. The number of benzene rings is 2. The molecule has 2 aliphatic heterocycles. The minimum Gasteiger partial charge on any atom is -0.312 e. The summed E-state index contributed by atoms with van der Waals surface area (Å²) in [5.41, 5.74) is 1.52. The van der Waals surface area contributed by atoms with Crippen molar-refractivity contribution in [3.63, 3.8) is 0 Å². The molecule has 2 aliphatic rings. The zero-order chi connectivity index (χ0) is 23.1. The number of amides is 1. The first-order valence-electron chi connectivity index (χ1n) is 10.5. The van der Waals surface area contributed by atoms with E-state index in [2.05, 4.69) is 0 Å². The summed E-state index contributed by atoms with van der Waals surface area (Å²) in [7, 11) is -4.24. The number of fused-ring (bicyclic) bond motifs is 1. The average Bonchev–Trinajstić information content (AvgIpc) is 3.22. The summed E-state index contributed by atoms with van der Waals surface area (Å²) in [6.07, 6.45) is 1.80. The van der Waals surface area contributed by atoms with E-state index in [-0.39, 0.29) is 22.2 Å². The van der Waals surface area contributed by atoms with Gasteiger partial charge in [0.25, 0.3) is 0 Å². The van der Waals surface area contributed by atoms with E-state index in [0.717, 1.165) is 9.87 Å². The molecule has 1 saturated heterocycles. The number of nitrogens with zero attached hydrogens (tertiary/aromatic N) is 3. The Bertz CT molecular complexity index is 1230. The SMILES string of the molecule is CN(C)S(=O)(=O)c1ccc2c(c1)CCN2C(=O)[C@H]1CCCN(S(=O)(=O)c2ccccc2)C1. The summed E-state index contributed by atoms with van der Waals surface area (Å²) in [6, 6.07) is 13.1. The van der Waals surface area contributed by atoms with Crippen LogP contribution in [0.4, 0.5) is 5.69 Å². The van der Waals surface area contributed by atoms with E-state index in [1.165, 1.54) is 24.5 Å². The standard InChI is InChI=1S/C22H27N3O5S2/c1-23(2)31(27,28)20-10-11-21-17(15-20)12-14-25(21)22(26)18-7-6-13-24(16-18)32(29,30)19-8-4-3-5-9-19/h3-5,8-11,15,18H,6-7,12-14,16H2,1-2H3/t18-/m0/s1. The van der Waals surface area contributed by atoms with Gasteiger partial charge in [-0.2, -0.15) is 4.31 Å². The van der Waals surface area contributed by atoms with E-state index in [0.29, 0.717) is 38.0 Å². The van der Waals surface area contributed by atoms with Crippen LogP contribution < -0.4 is 4.90 Å². The Balaban J connectivity index is 1.54. The minimum atomic E-state index is -3.65. The van der Waals surface area contributed by atoms with Gasteiger partial charge in [-0.15, -0.1) is 0 Å². The molecule has 2 aromatic rings. The summed E-state index contributed by atoms with van der Waals surface area (Å²) >= 11 is 0. The second-order valence-corrected chi connectivity index (χ2v) is 12.4. The molecule has 10 heteroatoms. The van der Waals surface area contributed by atoms with Gasteiger partial charge in [0.2, 0.25) is 26.0 Å². The van der Waals surface area contributed by atoms with E-state index in [4.69, 9.17) is 0 Å². The number of anilines is 1. The van der Waals surface area contributed by atoms with Crippen LogP contribution in [-0.4, -0.2) is 65.1 Å². The summed E-state index contributed by atoms with van der Waals surface area (Å²) < 4.78 is 53.4. The third-order valence-electron chi connectivity index (χ3n) is 6.11. The summed E-state index contributed by atoms with van der Waals surface area (Å²) in [4.78, 5) is 15.4. The molecule has 0 N–H and O–H groups in total. The third-order valence-corrected chi connectivity index (χ3v) is 9.80. The van der Waals surface area contributed by atoms with Crippen molar-refractivity contribution in [3.8, 4) is 0 Å². The highest BCUT2D eigenvalue weighted by Crippen LogP contribution is 2.33. The molecule has 0 saturated carbocycles. The maximum Gasteiger partial charge on any atom is 0.243 e. The second-order valence-electron chi connectivity index (χ2n) is 8.33. The molecular formula is C22H27N3O5S2.